The highest BCUT2D eigenvalue weighted by atomic mass is 16.5. The van der Waals surface area contributed by atoms with Crippen molar-refractivity contribution in [2.24, 2.45) is 0 Å². The second-order valence-electron chi connectivity index (χ2n) is 0.828. The lowest BCUT2D eigenvalue weighted by Crippen LogP contribution is -2.02. The molecule has 0 aromatic carbocycles. The van der Waals surface area contributed by atoms with Gasteiger partial charge in [-0.2, -0.15) is 0 Å². The maximum Gasteiger partial charge on any atom is 0.0402 e. The van der Waals surface area contributed by atoms with Gasteiger partial charge >= 0.3 is 0 Å². The van der Waals surface area contributed by atoms with Gasteiger partial charge in [-0.25, -0.2) is 5.48 Å². The summed E-state index contributed by atoms with van der Waals surface area (Å²) in [6, 6.07) is 0. The Hall–Kier alpha value is -0.120. The first-order valence-corrected chi connectivity index (χ1v) is 2.31. The molecule has 0 radical (unpaired) electrons. The van der Waals surface area contributed by atoms with Gasteiger partial charge in [-0.3, -0.25) is 0 Å². The zero-order valence-corrected chi connectivity index (χ0v) is 4.81. The highest BCUT2D eigenvalue weighted by Crippen LogP contribution is 1.34. The fourth-order valence-corrected chi connectivity index (χ4v) is 0. The van der Waals surface area contributed by atoms with Crippen LogP contribution in [0.1, 0.15) is 15.3 Å². The minimum Gasteiger partial charge on any atom is -0.397 e. The van der Waals surface area contributed by atoms with E-state index in [0.29, 0.717) is 6.54 Å². The van der Waals surface area contributed by atoms with Crippen LogP contribution in [0, 0.1) is 0 Å². The van der Waals surface area contributed by atoms with Gasteiger partial charge in [0.15, 0.2) is 0 Å². The van der Waals surface area contributed by atoms with Crippen LogP contribution in [0.25, 0.3) is 0 Å². The van der Waals surface area contributed by atoms with Crippen molar-refractivity contribution in [3.63, 3.8) is 0 Å². The molecule has 0 aromatic rings. The molecule has 3 heteroatoms. The molecule has 0 fully saturated rings. The summed E-state index contributed by atoms with van der Waals surface area (Å²) in [6.45, 7) is 4.38. The Morgan fingerprint density at radius 1 is 1.57 bits per heavy atom. The molecule has 3 nitrogen and oxygen atoms in total. The molecule has 0 unspecified atom stereocenters. The quantitative estimate of drug-likeness (QED) is 0.422. The lowest BCUT2D eigenvalue weighted by atomic mass is 10.8. The summed E-state index contributed by atoms with van der Waals surface area (Å²) in [5.74, 6) is 0. The summed E-state index contributed by atoms with van der Waals surface area (Å²) < 4.78 is 0. The topological polar surface area (TPSA) is 52.5 Å². The molecule has 0 aromatic heterocycles. The summed E-state index contributed by atoms with van der Waals surface area (Å²) in [5, 5.41) is 15.2. The van der Waals surface area contributed by atoms with Crippen LogP contribution in [0.15, 0.2) is 0 Å². The molecule has 0 aliphatic heterocycles. The lowest BCUT2D eigenvalue weighted by molar-refractivity contribution is 0.173. The highest BCUT2D eigenvalue weighted by molar-refractivity contribution is 4.04. The van der Waals surface area contributed by atoms with E-state index >= 15 is 0 Å². The lowest BCUT2D eigenvalue weighted by Gasteiger charge is -1.75. The van der Waals surface area contributed by atoms with Crippen LogP contribution in [0.2, 0.25) is 0 Å². The molecule has 0 spiro atoms. The number of rotatable bonds is 1. The number of hydroxylamine groups is 1. The van der Waals surface area contributed by atoms with Crippen molar-refractivity contribution in [3.8, 4) is 0 Å². The predicted molar refractivity (Wildman–Crippen MR) is 30.3 cm³/mol. The van der Waals surface area contributed by atoms with Gasteiger partial charge < -0.3 is 10.3 Å². The van der Waals surface area contributed by atoms with E-state index in [-0.39, 0.29) is 8.03 Å². The third-order valence-electron chi connectivity index (χ3n) is 0.158. The molecule has 0 rings (SSSR count). The molecule has 0 heterocycles. The van der Waals surface area contributed by atoms with Crippen LogP contribution < -0.4 is 5.48 Å². The van der Waals surface area contributed by atoms with Gasteiger partial charge in [0.05, 0.1) is 0 Å². The largest absolute Gasteiger partial charge is 0.397 e. The molecular weight excluding hydrogens is 94.0 g/mol. The number of nitrogens with one attached hydrogen (secondary N) is 1. The Balaban J connectivity index is -0.0000000575. The number of hydrogen-bond donors (Lipinski definition) is 3. The molecule has 0 aliphatic rings. The smallest absolute Gasteiger partial charge is 0.0402 e. The first kappa shape index (κ1) is 9.99. The summed E-state index contributed by atoms with van der Waals surface area (Å²) in [5.41, 5.74) is 1.93. The van der Waals surface area contributed by atoms with Gasteiger partial charge in [-0.1, -0.05) is 6.92 Å². The molecule has 0 saturated carbocycles. The fourth-order valence-electron chi connectivity index (χ4n) is 0. The van der Waals surface area contributed by atoms with E-state index < -0.39 is 0 Å². The molecule has 0 aliphatic carbocycles. The maximum atomic E-state index is 7.62. The van der Waals surface area contributed by atoms with Crippen molar-refractivity contribution in [1.29, 1.82) is 0 Å². The van der Waals surface area contributed by atoms with E-state index in [1.165, 1.54) is 0 Å². The maximum absolute atomic E-state index is 7.62. The molecule has 3 N–H and O–H groups in total. The highest BCUT2D eigenvalue weighted by Gasteiger charge is 1.51. The number of aliphatic hydroxyl groups is 1. The molecule has 0 atom stereocenters. The standard InChI is InChI=1S/C2H7NO.C2H6O.H2/c1-2-3-4;1-2-3;/h3-4H,2H2,1H3;3H,2H2,1H3;1H. The molecule has 48 valence electrons. The average Bonchev–Trinajstić information content (AvgIpc) is 1.69. The van der Waals surface area contributed by atoms with Crippen molar-refractivity contribution >= 4 is 0 Å². The van der Waals surface area contributed by atoms with Gasteiger partial charge in [0.1, 0.15) is 0 Å². The zero-order valence-electron chi connectivity index (χ0n) is 4.81. The Labute approximate surface area is 45.4 Å². The molecule has 0 amide bonds. The second-order valence-corrected chi connectivity index (χ2v) is 0.828. The Bertz CT molecular complexity index is 21.5. The van der Waals surface area contributed by atoms with Crippen LogP contribution >= 0.6 is 0 Å². The summed E-state index contributed by atoms with van der Waals surface area (Å²) in [6.07, 6.45) is 0. The Morgan fingerprint density at radius 3 is 1.71 bits per heavy atom. The van der Waals surface area contributed by atoms with E-state index in [9.17, 15) is 0 Å². The number of aliphatic hydroxyl groups excluding tert-OH is 1. The van der Waals surface area contributed by atoms with Crippen LogP contribution in [0.5, 0.6) is 0 Å². The monoisotopic (exact) mass is 109 g/mol. The van der Waals surface area contributed by atoms with Gasteiger partial charge in [0, 0.05) is 14.6 Å². The van der Waals surface area contributed by atoms with E-state index in [1.54, 1.807) is 6.92 Å². The van der Waals surface area contributed by atoms with Gasteiger partial charge in [-0.05, 0) is 6.92 Å². The van der Waals surface area contributed by atoms with Crippen molar-refractivity contribution < 1.29 is 11.7 Å². The second kappa shape index (κ2) is 16.9. The Kier molecular flexibility index (Phi) is 24.1. The molecular formula is C4H15NO2. The minimum absolute atomic E-state index is 0. The van der Waals surface area contributed by atoms with E-state index in [0.717, 1.165) is 0 Å². The third kappa shape index (κ3) is 114. The molecule has 0 bridgehead atoms. The third-order valence-corrected chi connectivity index (χ3v) is 0.158. The average molecular weight is 109 g/mol. The first-order valence-electron chi connectivity index (χ1n) is 2.31. The summed E-state index contributed by atoms with van der Waals surface area (Å²) >= 11 is 0. The van der Waals surface area contributed by atoms with E-state index in [2.05, 4.69) is 0 Å². The molecule has 0 saturated heterocycles. The van der Waals surface area contributed by atoms with Crippen LogP contribution in [-0.2, 0) is 0 Å². The van der Waals surface area contributed by atoms with Gasteiger partial charge in [0.2, 0.25) is 0 Å². The zero-order chi connectivity index (χ0) is 6.12. The summed E-state index contributed by atoms with van der Waals surface area (Å²) in [4.78, 5) is 0. The Morgan fingerprint density at radius 2 is 1.71 bits per heavy atom. The van der Waals surface area contributed by atoms with Crippen molar-refractivity contribution in [2.45, 2.75) is 13.8 Å². The summed E-state index contributed by atoms with van der Waals surface area (Å²) in [7, 11) is 0. The first-order chi connectivity index (χ1) is 3.33. The SMILES string of the molecule is CCNO.CCO.[HH]. The van der Waals surface area contributed by atoms with Gasteiger partial charge in [-0.15, -0.1) is 0 Å². The van der Waals surface area contributed by atoms with Crippen molar-refractivity contribution in [1.82, 2.24) is 5.48 Å². The van der Waals surface area contributed by atoms with E-state index in [1.807, 2.05) is 12.4 Å². The number of hydrogen-bond acceptors (Lipinski definition) is 3. The van der Waals surface area contributed by atoms with Crippen LogP contribution in [-0.4, -0.2) is 23.5 Å². The molecule has 7 heavy (non-hydrogen) atoms. The van der Waals surface area contributed by atoms with Gasteiger partial charge in [0.25, 0.3) is 0 Å². The van der Waals surface area contributed by atoms with Crippen LogP contribution in [0.3, 0.4) is 0 Å². The van der Waals surface area contributed by atoms with Crippen molar-refractivity contribution in [3.05, 3.63) is 0 Å². The normalized spacial score (nSPS) is 6.86. The van der Waals surface area contributed by atoms with Crippen LogP contribution in [0.4, 0.5) is 0 Å². The predicted octanol–water partition coefficient (Wildman–Crippen LogP) is 0.230. The minimum atomic E-state index is 0. The van der Waals surface area contributed by atoms with E-state index in [4.69, 9.17) is 10.3 Å². The fraction of sp³-hybridized carbons (Fsp3) is 1.00. The van der Waals surface area contributed by atoms with Crippen molar-refractivity contribution in [2.75, 3.05) is 13.2 Å².